The molecule has 1 heterocycles. The number of furan rings is 1. The molecule has 6 nitrogen and oxygen atoms in total. The van der Waals surface area contributed by atoms with Crippen molar-refractivity contribution in [3.05, 3.63) is 58.0 Å². The van der Waals surface area contributed by atoms with Crippen LogP contribution in [0.3, 0.4) is 0 Å². The largest absolute Gasteiger partial charge is 0.467 e. The van der Waals surface area contributed by atoms with Gasteiger partial charge in [-0.1, -0.05) is 29.3 Å². The Kier molecular flexibility index (Phi) is 10.5. The topological polar surface area (TPSA) is 78.7 Å². The molecule has 0 atom stereocenters. The summed E-state index contributed by atoms with van der Waals surface area (Å²) in [4.78, 5) is 16.3. The number of aliphatic imine (C=N–C) groups is 1. The predicted octanol–water partition coefficient (Wildman–Crippen LogP) is 3.58. The molecule has 1 amide bonds. The minimum Gasteiger partial charge on any atom is -0.467 e. The van der Waals surface area contributed by atoms with Gasteiger partial charge in [-0.3, -0.25) is 4.79 Å². The van der Waals surface area contributed by atoms with E-state index < -0.39 is 0 Å². The maximum absolute atomic E-state index is 11.9. The van der Waals surface area contributed by atoms with Gasteiger partial charge in [0.15, 0.2) is 5.96 Å². The molecule has 142 valence electrons. The summed E-state index contributed by atoms with van der Waals surface area (Å²) in [5, 5.41) is 9.95. The molecule has 0 aliphatic rings. The highest BCUT2D eigenvalue weighted by Gasteiger charge is 2.06. The van der Waals surface area contributed by atoms with Gasteiger partial charge in [0.05, 0.1) is 25.9 Å². The highest BCUT2D eigenvalue weighted by Crippen LogP contribution is 2.21. The summed E-state index contributed by atoms with van der Waals surface area (Å²) in [6.07, 6.45) is 1.57. The molecule has 2 rings (SSSR count). The number of guanidine groups is 1. The Morgan fingerprint density at radius 1 is 1.19 bits per heavy atom. The predicted molar refractivity (Wildman–Crippen MR) is 115 cm³/mol. The normalized spacial score (nSPS) is 10.8. The molecule has 0 aliphatic heterocycles. The lowest BCUT2D eigenvalue weighted by atomic mass is 10.2. The van der Waals surface area contributed by atoms with E-state index in [1.807, 2.05) is 13.0 Å². The maximum atomic E-state index is 11.9. The lowest BCUT2D eigenvalue weighted by Gasteiger charge is -2.11. The number of hydrogen-bond acceptors (Lipinski definition) is 3. The fourth-order valence-corrected chi connectivity index (χ4v) is 2.45. The first-order chi connectivity index (χ1) is 12.1. The number of hydrogen-bond donors (Lipinski definition) is 3. The number of amides is 1. The zero-order valence-corrected chi connectivity index (χ0v) is 18.1. The molecule has 0 spiro atoms. The smallest absolute Gasteiger partial charge is 0.239 e. The lowest BCUT2D eigenvalue weighted by Crippen LogP contribution is -2.43. The van der Waals surface area contributed by atoms with Gasteiger partial charge in [0.2, 0.25) is 5.91 Å². The van der Waals surface area contributed by atoms with Gasteiger partial charge in [0.1, 0.15) is 5.76 Å². The molecule has 0 unspecified atom stereocenters. The van der Waals surface area contributed by atoms with Crippen LogP contribution in [0, 0.1) is 0 Å². The van der Waals surface area contributed by atoms with E-state index in [4.69, 9.17) is 27.6 Å². The van der Waals surface area contributed by atoms with Gasteiger partial charge in [-0.25, -0.2) is 4.99 Å². The number of benzene rings is 1. The van der Waals surface area contributed by atoms with E-state index in [0.29, 0.717) is 41.4 Å². The second-order valence-electron chi connectivity index (χ2n) is 5.14. The molecular formula is C17H21Cl2IN4O2. The maximum Gasteiger partial charge on any atom is 0.239 e. The van der Waals surface area contributed by atoms with Gasteiger partial charge in [-0.15, -0.1) is 24.0 Å². The quantitative estimate of drug-likeness (QED) is 0.302. The van der Waals surface area contributed by atoms with Crippen molar-refractivity contribution in [2.45, 2.75) is 20.0 Å². The molecule has 26 heavy (non-hydrogen) atoms. The van der Waals surface area contributed by atoms with Crippen LogP contribution in [0.5, 0.6) is 0 Å². The summed E-state index contributed by atoms with van der Waals surface area (Å²) in [5.41, 5.74) is 0.852. The van der Waals surface area contributed by atoms with E-state index in [9.17, 15) is 4.79 Å². The van der Waals surface area contributed by atoms with Gasteiger partial charge < -0.3 is 20.4 Å². The zero-order chi connectivity index (χ0) is 18.1. The second-order valence-corrected chi connectivity index (χ2v) is 5.98. The summed E-state index contributed by atoms with van der Waals surface area (Å²) in [7, 11) is 0. The van der Waals surface area contributed by atoms with E-state index in [0.717, 1.165) is 5.56 Å². The van der Waals surface area contributed by atoms with Gasteiger partial charge in [-0.05, 0) is 36.8 Å². The van der Waals surface area contributed by atoms with Crippen molar-refractivity contribution < 1.29 is 9.21 Å². The minimum absolute atomic E-state index is 0. The van der Waals surface area contributed by atoms with E-state index in [2.05, 4.69) is 20.9 Å². The van der Waals surface area contributed by atoms with Crippen molar-refractivity contribution in [1.29, 1.82) is 0 Å². The van der Waals surface area contributed by atoms with Crippen LogP contribution >= 0.6 is 47.2 Å². The molecule has 1 aromatic carbocycles. The van der Waals surface area contributed by atoms with E-state index >= 15 is 0 Å². The SMILES string of the molecule is CCNC(=NCc1ccc(Cl)cc1Cl)NCC(=O)NCc1ccco1.I. The summed E-state index contributed by atoms with van der Waals surface area (Å²) in [5.74, 6) is 1.07. The number of nitrogens with one attached hydrogen (secondary N) is 3. The van der Waals surface area contributed by atoms with Crippen molar-refractivity contribution in [2.75, 3.05) is 13.1 Å². The Morgan fingerprint density at radius 3 is 2.65 bits per heavy atom. The van der Waals surface area contributed by atoms with Crippen molar-refractivity contribution >= 4 is 59.0 Å². The monoisotopic (exact) mass is 510 g/mol. The van der Waals surface area contributed by atoms with E-state index in [1.165, 1.54) is 0 Å². The fourth-order valence-electron chi connectivity index (χ4n) is 1.98. The van der Waals surface area contributed by atoms with Crippen LogP contribution in [0.1, 0.15) is 18.2 Å². The number of carbonyl (C=O) groups is 1. The minimum atomic E-state index is -0.161. The molecule has 0 bridgehead atoms. The van der Waals surface area contributed by atoms with Crippen LogP contribution in [0.2, 0.25) is 10.0 Å². The van der Waals surface area contributed by atoms with E-state index in [-0.39, 0.29) is 36.4 Å². The van der Waals surface area contributed by atoms with E-state index in [1.54, 1.807) is 30.5 Å². The standard InChI is InChI=1S/C17H20Cl2N4O2.HI/c1-2-20-17(22-9-12-5-6-13(18)8-15(12)19)23-11-16(24)21-10-14-4-3-7-25-14;/h3-8H,2,9-11H2,1H3,(H,21,24)(H2,20,22,23);1H. The molecule has 1 aromatic heterocycles. The first kappa shape index (κ1) is 22.6. The third kappa shape index (κ3) is 7.84. The summed E-state index contributed by atoms with van der Waals surface area (Å²) in [6.45, 7) is 3.44. The Morgan fingerprint density at radius 2 is 2.00 bits per heavy atom. The van der Waals surface area contributed by atoms with Crippen molar-refractivity contribution in [3.63, 3.8) is 0 Å². The number of nitrogens with zero attached hydrogens (tertiary/aromatic N) is 1. The number of rotatable bonds is 7. The van der Waals surface area contributed by atoms with Gasteiger partial charge in [-0.2, -0.15) is 0 Å². The third-order valence-corrected chi connectivity index (χ3v) is 3.81. The Balaban J connectivity index is 0.00000338. The average molecular weight is 511 g/mol. The first-order valence-electron chi connectivity index (χ1n) is 7.83. The average Bonchev–Trinajstić information content (AvgIpc) is 3.10. The molecule has 2 aromatic rings. The molecule has 0 radical (unpaired) electrons. The second kappa shape index (κ2) is 12.0. The third-order valence-electron chi connectivity index (χ3n) is 3.22. The van der Waals surface area contributed by atoms with Gasteiger partial charge >= 0.3 is 0 Å². The summed E-state index contributed by atoms with van der Waals surface area (Å²) in [6, 6.07) is 8.84. The Hall–Kier alpha value is -1.45. The van der Waals surface area contributed by atoms with Crippen LogP contribution in [-0.4, -0.2) is 25.0 Å². The van der Waals surface area contributed by atoms with Crippen LogP contribution in [0.15, 0.2) is 46.0 Å². The molecule has 3 N–H and O–H groups in total. The van der Waals surface area contributed by atoms with Gasteiger partial charge in [0.25, 0.3) is 0 Å². The number of halogens is 3. The van der Waals surface area contributed by atoms with Crippen LogP contribution in [0.25, 0.3) is 0 Å². The Bertz CT molecular complexity index is 724. The fraction of sp³-hybridized carbons (Fsp3) is 0.294. The molecular weight excluding hydrogens is 490 g/mol. The molecule has 0 saturated carbocycles. The summed E-state index contributed by atoms with van der Waals surface area (Å²) >= 11 is 12.0. The highest BCUT2D eigenvalue weighted by atomic mass is 127. The molecule has 9 heteroatoms. The summed E-state index contributed by atoms with van der Waals surface area (Å²) < 4.78 is 5.16. The van der Waals surface area contributed by atoms with Crippen LogP contribution < -0.4 is 16.0 Å². The van der Waals surface area contributed by atoms with Crippen LogP contribution in [-0.2, 0) is 17.9 Å². The molecule has 0 aliphatic carbocycles. The Labute approximate surface area is 179 Å². The zero-order valence-electron chi connectivity index (χ0n) is 14.2. The van der Waals surface area contributed by atoms with Crippen molar-refractivity contribution in [1.82, 2.24) is 16.0 Å². The highest BCUT2D eigenvalue weighted by molar-refractivity contribution is 14.0. The number of carbonyl (C=O) groups excluding carboxylic acids is 1. The molecule has 0 fully saturated rings. The lowest BCUT2D eigenvalue weighted by molar-refractivity contribution is -0.120. The van der Waals surface area contributed by atoms with Gasteiger partial charge in [0, 0.05) is 16.6 Å². The molecule has 0 saturated heterocycles. The first-order valence-corrected chi connectivity index (χ1v) is 8.59. The van der Waals surface area contributed by atoms with Crippen molar-refractivity contribution in [2.24, 2.45) is 4.99 Å². The van der Waals surface area contributed by atoms with Crippen molar-refractivity contribution in [3.8, 4) is 0 Å². The van der Waals surface area contributed by atoms with Crippen LogP contribution in [0.4, 0.5) is 0 Å².